The summed E-state index contributed by atoms with van der Waals surface area (Å²) in [6, 6.07) is 18.6. The average molecular weight is 359 g/mol. The van der Waals surface area contributed by atoms with E-state index in [2.05, 4.69) is 10.0 Å². The van der Waals surface area contributed by atoms with Gasteiger partial charge in [0.25, 0.3) is 0 Å². The maximum Gasteiger partial charge on any atom is 0.332 e. The van der Waals surface area contributed by atoms with Crippen LogP contribution in [0.5, 0.6) is 0 Å². The molecule has 0 aliphatic rings. The zero-order valence-electron chi connectivity index (χ0n) is 14.4. The SMILES string of the molecule is CCOP(=O)(CC(N=[N+]=[N-])(c1ccccc1)c1ccccc1)OCC. The lowest BCUT2D eigenvalue weighted by molar-refractivity contribution is 0.215. The summed E-state index contributed by atoms with van der Waals surface area (Å²) in [4.78, 5) is 3.06. The molecule has 6 nitrogen and oxygen atoms in total. The van der Waals surface area contributed by atoms with Crippen molar-refractivity contribution in [1.82, 2.24) is 0 Å². The van der Waals surface area contributed by atoms with Gasteiger partial charge in [0, 0.05) is 4.91 Å². The van der Waals surface area contributed by atoms with E-state index in [1.807, 2.05) is 60.7 Å². The Balaban J connectivity index is 2.66. The third-order valence-corrected chi connectivity index (χ3v) is 5.94. The van der Waals surface area contributed by atoms with E-state index in [0.717, 1.165) is 11.1 Å². The highest BCUT2D eigenvalue weighted by Crippen LogP contribution is 2.55. The minimum Gasteiger partial charge on any atom is -0.309 e. The van der Waals surface area contributed by atoms with Crippen LogP contribution in [0.2, 0.25) is 0 Å². The van der Waals surface area contributed by atoms with Crippen molar-refractivity contribution in [2.24, 2.45) is 5.11 Å². The lowest BCUT2D eigenvalue weighted by Crippen LogP contribution is -2.30. The van der Waals surface area contributed by atoms with Crippen LogP contribution in [0.15, 0.2) is 65.8 Å². The fourth-order valence-electron chi connectivity index (χ4n) is 2.80. The molecule has 0 aliphatic heterocycles. The van der Waals surface area contributed by atoms with E-state index in [4.69, 9.17) is 9.05 Å². The minimum atomic E-state index is -3.47. The van der Waals surface area contributed by atoms with Crippen LogP contribution in [0.25, 0.3) is 10.4 Å². The van der Waals surface area contributed by atoms with E-state index in [1.54, 1.807) is 13.8 Å². The van der Waals surface area contributed by atoms with Crippen molar-refractivity contribution >= 4 is 7.60 Å². The summed E-state index contributed by atoms with van der Waals surface area (Å²) in [5.74, 6) is 0. The molecule has 0 radical (unpaired) electrons. The van der Waals surface area contributed by atoms with Crippen LogP contribution < -0.4 is 0 Å². The van der Waals surface area contributed by atoms with Crippen molar-refractivity contribution < 1.29 is 13.6 Å². The van der Waals surface area contributed by atoms with Gasteiger partial charge in [-0.25, -0.2) is 0 Å². The lowest BCUT2D eigenvalue weighted by Gasteiger charge is -2.33. The van der Waals surface area contributed by atoms with E-state index in [0.29, 0.717) is 0 Å². The van der Waals surface area contributed by atoms with Gasteiger partial charge in [-0.15, -0.1) is 0 Å². The molecule has 0 N–H and O–H groups in total. The smallest absolute Gasteiger partial charge is 0.309 e. The number of rotatable bonds is 9. The number of nitrogens with zero attached hydrogens (tertiary/aromatic N) is 3. The van der Waals surface area contributed by atoms with Crippen LogP contribution in [0.4, 0.5) is 0 Å². The highest BCUT2D eigenvalue weighted by molar-refractivity contribution is 7.53. The third kappa shape index (κ3) is 4.50. The fourth-order valence-corrected chi connectivity index (χ4v) is 4.84. The van der Waals surface area contributed by atoms with Gasteiger partial charge in [0.1, 0.15) is 5.54 Å². The Kier molecular flexibility index (Phi) is 6.80. The van der Waals surface area contributed by atoms with Crippen LogP contribution in [0, 0.1) is 0 Å². The molecule has 0 fully saturated rings. The normalized spacial score (nSPS) is 11.8. The second-order valence-electron chi connectivity index (χ2n) is 5.39. The standard InChI is InChI=1S/C18H22N3O3P/c1-3-23-25(22,24-4-2)15-18(20-21-19,16-11-7-5-8-12-16)17-13-9-6-10-14-17/h5-14H,3-4,15H2,1-2H3. The summed E-state index contributed by atoms with van der Waals surface area (Å²) < 4.78 is 24.2. The molecular formula is C18H22N3O3P. The second kappa shape index (κ2) is 8.84. The summed E-state index contributed by atoms with van der Waals surface area (Å²) in [6.45, 7) is 4.00. The quantitative estimate of drug-likeness (QED) is 0.256. The Labute approximate surface area is 148 Å². The van der Waals surface area contributed by atoms with E-state index in [-0.39, 0.29) is 19.4 Å². The highest BCUT2D eigenvalue weighted by Gasteiger charge is 2.42. The van der Waals surface area contributed by atoms with Gasteiger partial charge in [0.05, 0.1) is 19.4 Å². The van der Waals surface area contributed by atoms with Crippen molar-refractivity contribution in [1.29, 1.82) is 0 Å². The van der Waals surface area contributed by atoms with E-state index < -0.39 is 13.1 Å². The van der Waals surface area contributed by atoms with Crippen molar-refractivity contribution in [3.05, 3.63) is 82.2 Å². The summed E-state index contributed by atoms with van der Waals surface area (Å²) >= 11 is 0. The van der Waals surface area contributed by atoms with Crippen LogP contribution in [-0.2, 0) is 19.2 Å². The lowest BCUT2D eigenvalue weighted by atomic mass is 9.85. The molecule has 0 aliphatic carbocycles. The fraction of sp³-hybridized carbons (Fsp3) is 0.333. The Bertz CT molecular complexity index is 712. The molecule has 0 amide bonds. The summed E-state index contributed by atoms with van der Waals surface area (Å²) in [5.41, 5.74) is 9.55. The number of azide groups is 1. The average Bonchev–Trinajstić information content (AvgIpc) is 2.63. The molecule has 0 spiro atoms. The van der Waals surface area contributed by atoms with Gasteiger partial charge in [0.2, 0.25) is 0 Å². The summed E-state index contributed by atoms with van der Waals surface area (Å²) in [7, 11) is -3.47. The Morgan fingerprint density at radius 1 is 0.960 bits per heavy atom. The first kappa shape index (κ1) is 19.2. The molecule has 2 rings (SSSR count). The predicted octanol–water partition coefficient (Wildman–Crippen LogP) is 5.51. The first-order valence-electron chi connectivity index (χ1n) is 8.15. The minimum absolute atomic E-state index is 0.0697. The van der Waals surface area contributed by atoms with Crippen molar-refractivity contribution in [2.75, 3.05) is 19.4 Å². The van der Waals surface area contributed by atoms with Gasteiger partial charge in [-0.2, -0.15) is 0 Å². The van der Waals surface area contributed by atoms with Gasteiger partial charge in [0.15, 0.2) is 0 Å². The van der Waals surface area contributed by atoms with Crippen molar-refractivity contribution in [2.45, 2.75) is 19.4 Å². The molecular weight excluding hydrogens is 337 g/mol. The zero-order chi connectivity index (χ0) is 18.2. The van der Waals surface area contributed by atoms with Gasteiger partial charge < -0.3 is 9.05 Å². The second-order valence-corrected chi connectivity index (χ2v) is 7.44. The summed E-state index contributed by atoms with van der Waals surface area (Å²) in [6.07, 6.45) is -0.0697. The topological polar surface area (TPSA) is 84.3 Å². The molecule has 2 aromatic rings. The molecule has 132 valence electrons. The van der Waals surface area contributed by atoms with Crippen LogP contribution >= 0.6 is 7.60 Å². The Morgan fingerprint density at radius 2 is 1.40 bits per heavy atom. The molecule has 0 saturated carbocycles. The van der Waals surface area contributed by atoms with Gasteiger partial charge in [-0.1, -0.05) is 65.8 Å². The first-order valence-corrected chi connectivity index (χ1v) is 9.88. The molecule has 2 aromatic carbocycles. The van der Waals surface area contributed by atoms with E-state index in [9.17, 15) is 10.1 Å². The van der Waals surface area contributed by atoms with E-state index >= 15 is 0 Å². The van der Waals surface area contributed by atoms with Crippen molar-refractivity contribution in [3.8, 4) is 0 Å². The monoisotopic (exact) mass is 359 g/mol. The first-order chi connectivity index (χ1) is 12.1. The molecule has 0 atom stereocenters. The van der Waals surface area contributed by atoms with Gasteiger partial charge in [-0.3, -0.25) is 4.57 Å². The third-order valence-electron chi connectivity index (χ3n) is 3.79. The number of benzene rings is 2. The molecule has 0 unspecified atom stereocenters. The predicted molar refractivity (Wildman–Crippen MR) is 98.5 cm³/mol. The maximum absolute atomic E-state index is 13.2. The Hall–Kier alpha value is -2.10. The molecule has 25 heavy (non-hydrogen) atoms. The molecule has 0 bridgehead atoms. The Morgan fingerprint density at radius 3 is 1.76 bits per heavy atom. The molecule has 0 heterocycles. The number of hydrogen-bond acceptors (Lipinski definition) is 4. The van der Waals surface area contributed by atoms with Crippen LogP contribution in [0.3, 0.4) is 0 Å². The molecule has 7 heteroatoms. The maximum atomic E-state index is 13.2. The molecule has 0 aromatic heterocycles. The van der Waals surface area contributed by atoms with Crippen LogP contribution in [0.1, 0.15) is 25.0 Å². The van der Waals surface area contributed by atoms with Crippen LogP contribution in [-0.4, -0.2) is 19.4 Å². The summed E-state index contributed by atoms with van der Waals surface area (Å²) in [5, 5.41) is 4.09. The van der Waals surface area contributed by atoms with Crippen molar-refractivity contribution in [3.63, 3.8) is 0 Å². The van der Waals surface area contributed by atoms with E-state index in [1.165, 1.54) is 0 Å². The van der Waals surface area contributed by atoms with Gasteiger partial charge in [-0.05, 0) is 30.5 Å². The number of hydrogen-bond donors (Lipinski definition) is 0. The zero-order valence-corrected chi connectivity index (χ0v) is 15.3. The van der Waals surface area contributed by atoms with Gasteiger partial charge >= 0.3 is 7.60 Å². The highest BCUT2D eigenvalue weighted by atomic mass is 31.2. The largest absolute Gasteiger partial charge is 0.332 e. The molecule has 0 saturated heterocycles.